The van der Waals surface area contributed by atoms with Gasteiger partial charge in [0.2, 0.25) is 5.91 Å². The Labute approximate surface area is 247 Å². The molecule has 216 valence electrons. The van der Waals surface area contributed by atoms with Crippen LogP contribution in [0.15, 0.2) is 109 Å². The van der Waals surface area contributed by atoms with Crippen molar-refractivity contribution in [2.24, 2.45) is 0 Å². The van der Waals surface area contributed by atoms with Crippen LogP contribution < -0.4 is 10.1 Å². The number of para-hydroxylation sites is 1. The SMILES string of the molecule is CCC(=O)N(CCOc1ccc(C[C@H](Nc2ccccc2C(=O)c2ccccc2)C(=O)OC)cc1)Cc1ccccc1. The zero-order valence-corrected chi connectivity index (χ0v) is 24.0. The summed E-state index contributed by atoms with van der Waals surface area (Å²) in [5, 5.41) is 3.23. The van der Waals surface area contributed by atoms with Gasteiger partial charge in [0.05, 0.1) is 13.7 Å². The normalized spacial score (nSPS) is 11.3. The first-order chi connectivity index (χ1) is 20.5. The third-order valence-electron chi connectivity index (χ3n) is 6.89. The Hall–Kier alpha value is -4.91. The highest BCUT2D eigenvalue weighted by Gasteiger charge is 2.22. The van der Waals surface area contributed by atoms with E-state index >= 15 is 0 Å². The summed E-state index contributed by atoms with van der Waals surface area (Å²) in [5.74, 6) is 0.179. The Balaban J connectivity index is 1.38. The summed E-state index contributed by atoms with van der Waals surface area (Å²) in [6.45, 7) is 3.23. The van der Waals surface area contributed by atoms with Crippen LogP contribution >= 0.6 is 0 Å². The Morgan fingerprint density at radius 1 is 0.786 bits per heavy atom. The van der Waals surface area contributed by atoms with Crippen LogP contribution in [0, 0.1) is 0 Å². The molecule has 0 fully saturated rings. The lowest BCUT2D eigenvalue weighted by Gasteiger charge is -2.22. The van der Waals surface area contributed by atoms with Crippen LogP contribution in [0.3, 0.4) is 0 Å². The summed E-state index contributed by atoms with van der Waals surface area (Å²) < 4.78 is 11.0. The Bertz CT molecular complexity index is 1460. The smallest absolute Gasteiger partial charge is 0.328 e. The lowest BCUT2D eigenvalue weighted by Crippen LogP contribution is -2.33. The number of rotatable bonds is 14. The number of anilines is 1. The van der Waals surface area contributed by atoms with Gasteiger partial charge in [-0.25, -0.2) is 4.79 Å². The van der Waals surface area contributed by atoms with Crippen molar-refractivity contribution >= 4 is 23.3 Å². The highest BCUT2D eigenvalue weighted by molar-refractivity contribution is 6.12. The molecule has 0 heterocycles. The van der Waals surface area contributed by atoms with Gasteiger partial charge in [0.25, 0.3) is 0 Å². The summed E-state index contributed by atoms with van der Waals surface area (Å²) in [5.41, 5.74) is 3.57. The monoisotopic (exact) mass is 564 g/mol. The molecule has 42 heavy (non-hydrogen) atoms. The van der Waals surface area contributed by atoms with Crippen molar-refractivity contribution in [1.82, 2.24) is 4.90 Å². The van der Waals surface area contributed by atoms with Crippen LogP contribution in [0.4, 0.5) is 5.69 Å². The van der Waals surface area contributed by atoms with Crippen LogP contribution in [0.25, 0.3) is 0 Å². The second kappa shape index (κ2) is 15.2. The molecule has 7 nitrogen and oxygen atoms in total. The van der Waals surface area contributed by atoms with Crippen LogP contribution in [0.5, 0.6) is 5.75 Å². The predicted molar refractivity (Wildman–Crippen MR) is 164 cm³/mol. The number of carbonyl (C=O) groups excluding carboxylic acids is 3. The summed E-state index contributed by atoms with van der Waals surface area (Å²) in [6, 6.07) is 32.8. The fourth-order valence-corrected chi connectivity index (χ4v) is 4.63. The van der Waals surface area contributed by atoms with Gasteiger partial charge in [-0.3, -0.25) is 9.59 Å². The molecule has 7 heteroatoms. The van der Waals surface area contributed by atoms with E-state index in [1.54, 1.807) is 35.2 Å². The van der Waals surface area contributed by atoms with E-state index in [-0.39, 0.29) is 11.7 Å². The second-order valence-corrected chi connectivity index (χ2v) is 9.81. The van der Waals surface area contributed by atoms with Gasteiger partial charge in [0.15, 0.2) is 5.78 Å². The molecule has 4 rings (SSSR count). The number of carbonyl (C=O) groups is 3. The maximum atomic E-state index is 13.2. The number of hydrogen-bond acceptors (Lipinski definition) is 6. The molecule has 0 unspecified atom stereocenters. The van der Waals surface area contributed by atoms with Crippen molar-refractivity contribution in [3.63, 3.8) is 0 Å². The van der Waals surface area contributed by atoms with E-state index in [4.69, 9.17) is 9.47 Å². The van der Waals surface area contributed by atoms with E-state index in [1.807, 2.05) is 85.8 Å². The summed E-state index contributed by atoms with van der Waals surface area (Å²) in [4.78, 5) is 40.2. The Morgan fingerprint density at radius 3 is 2.10 bits per heavy atom. The van der Waals surface area contributed by atoms with E-state index in [1.165, 1.54) is 7.11 Å². The first kappa shape index (κ1) is 30.1. The quantitative estimate of drug-likeness (QED) is 0.151. The van der Waals surface area contributed by atoms with Crippen molar-refractivity contribution in [2.75, 3.05) is 25.6 Å². The van der Waals surface area contributed by atoms with Crippen LogP contribution in [-0.2, 0) is 27.3 Å². The third-order valence-corrected chi connectivity index (χ3v) is 6.89. The molecule has 0 aliphatic carbocycles. The maximum Gasteiger partial charge on any atom is 0.328 e. The number of amides is 1. The number of methoxy groups -OCH3 is 1. The van der Waals surface area contributed by atoms with Crippen LogP contribution in [-0.4, -0.2) is 48.9 Å². The molecule has 4 aromatic rings. The van der Waals surface area contributed by atoms with Gasteiger partial charge in [0, 0.05) is 36.2 Å². The molecule has 0 saturated heterocycles. The van der Waals surface area contributed by atoms with E-state index in [0.29, 0.717) is 55.1 Å². The zero-order chi connectivity index (χ0) is 29.7. The summed E-state index contributed by atoms with van der Waals surface area (Å²) in [7, 11) is 1.35. The number of nitrogens with one attached hydrogen (secondary N) is 1. The second-order valence-electron chi connectivity index (χ2n) is 9.81. The average molecular weight is 565 g/mol. The first-order valence-electron chi connectivity index (χ1n) is 14.0. The molecule has 0 spiro atoms. The average Bonchev–Trinajstić information content (AvgIpc) is 3.04. The van der Waals surface area contributed by atoms with Gasteiger partial charge in [-0.15, -0.1) is 0 Å². The Kier molecular flexibility index (Phi) is 10.9. The molecular formula is C35H36N2O5. The molecule has 1 N–H and O–H groups in total. The van der Waals surface area contributed by atoms with Gasteiger partial charge in [-0.1, -0.05) is 91.9 Å². The summed E-state index contributed by atoms with van der Waals surface area (Å²) >= 11 is 0. The van der Waals surface area contributed by atoms with E-state index in [2.05, 4.69) is 5.32 Å². The Morgan fingerprint density at radius 2 is 1.43 bits per heavy atom. The number of ether oxygens (including phenoxy) is 2. The number of ketones is 1. The van der Waals surface area contributed by atoms with Gasteiger partial charge >= 0.3 is 5.97 Å². The fraction of sp³-hybridized carbons (Fsp3) is 0.229. The highest BCUT2D eigenvalue weighted by atomic mass is 16.5. The number of esters is 1. The standard InChI is InChI=1S/C35H36N2O5/c1-3-33(38)37(25-27-12-6-4-7-13-27)22-23-42-29-20-18-26(19-21-29)24-32(35(40)41-2)36-31-17-11-10-16-30(31)34(39)28-14-8-5-9-15-28/h4-21,32,36H,3,22-25H2,1-2H3/t32-/m0/s1. The molecule has 0 aromatic heterocycles. The molecule has 4 aromatic carbocycles. The van der Waals surface area contributed by atoms with Gasteiger partial charge in [-0.05, 0) is 35.4 Å². The van der Waals surface area contributed by atoms with E-state index in [9.17, 15) is 14.4 Å². The number of benzene rings is 4. The molecule has 0 saturated carbocycles. The third kappa shape index (κ3) is 8.30. The minimum Gasteiger partial charge on any atom is -0.492 e. The highest BCUT2D eigenvalue weighted by Crippen LogP contribution is 2.22. The van der Waals surface area contributed by atoms with Crippen molar-refractivity contribution in [1.29, 1.82) is 0 Å². The minimum atomic E-state index is -0.710. The lowest BCUT2D eigenvalue weighted by molar-refractivity contribution is -0.141. The summed E-state index contributed by atoms with van der Waals surface area (Å²) in [6.07, 6.45) is 0.776. The largest absolute Gasteiger partial charge is 0.492 e. The molecule has 1 amide bonds. The number of nitrogens with zero attached hydrogens (tertiary/aromatic N) is 1. The maximum absolute atomic E-state index is 13.2. The van der Waals surface area contributed by atoms with Crippen molar-refractivity contribution in [3.8, 4) is 5.75 Å². The molecular weight excluding hydrogens is 528 g/mol. The van der Waals surface area contributed by atoms with Crippen molar-refractivity contribution in [2.45, 2.75) is 32.4 Å². The first-order valence-corrected chi connectivity index (χ1v) is 14.0. The lowest BCUT2D eigenvalue weighted by atomic mass is 10.00. The molecule has 0 aliphatic heterocycles. The fourth-order valence-electron chi connectivity index (χ4n) is 4.63. The van der Waals surface area contributed by atoms with Gasteiger partial charge in [-0.2, -0.15) is 0 Å². The van der Waals surface area contributed by atoms with Crippen molar-refractivity contribution < 1.29 is 23.9 Å². The van der Waals surface area contributed by atoms with E-state index < -0.39 is 12.0 Å². The van der Waals surface area contributed by atoms with Crippen LogP contribution in [0.1, 0.15) is 40.4 Å². The molecule has 0 bridgehead atoms. The molecule has 0 radical (unpaired) electrons. The molecule has 1 atom stereocenters. The number of hydrogen-bond donors (Lipinski definition) is 1. The van der Waals surface area contributed by atoms with Gasteiger partial charge in [0.1, 0.15) is 18.4 Å². The minimum absolute atomic E-state index is 0.0752. The van der Waals surface area contributed by atoms with Crippen LogP contribution in [0.2, 0.25) is 0 Å². The zero-order valence-electron chi connectivity index (χ0n) is 24.0. The molecule has 0 aliphatic rings. The van der Waals surface area contributed by atoms with Crippen molar-refractivity contribution in [3.05, 3.63) is 131 Å². The topological polar surface area (TPSA) is 84.9 Å². The van der Waals surface area contributed by atoms with E-state index in [0.717, 1.165) is 11.1 Å². The predicted octanol–water partition coefficient (Wildman–Crippen LogP) is 5.93. The van der Waals surface area contributed by atoms with Gasteiger partial charge < -0.3 is 19.7 Å².